The number of carbonyl (C=O) groups excluding carboxylic acids is 1. The number of hydrogen-bond acceptors (Lipinski definition) is 1. The van der Waals surface area contributed by atoms with Gasteiger partial charge in [0.25, 0.3) is 0 Å². The van der Waals surface area contributed by atoms with E-state index in [4.69, 9.17) is 0 Å². The topological polar surface area (TPSA) is 17.1 Å². The molecular weight excluding hydrogens is 136 g/mol. The van der Waals surface area contributed by atoms with Gasteiger partial charge in [-0.1, -0.05) is 32.4 Å². The summed E-state index contributed by atoms with van der Waals surface area (Å²) in [5, 5.41) is 0. The zero-order valence-corrected chi connectivity index (χ0v) is 7.65. The number of ketones is 1. The third-order valence-electron chi connectivity index (χ3n) is 1.51. The van der Waals surface area contributed by atoms with Crippen LogP contribution in [0.3, 0.4) is 0 Å². The number of hydrogen-bond donors (Lipinski definition) is 0. The number of carbonyl (C=O) groups is 1. The lowest BCUT2D eigenvalue weighted by Crippen LogP contribution is -2.04. The van der Waals surface area contributed by atoms with Crippen LogP contribution in [0.25, 0.3) is 0 Å². The van der Waals surface area contributed by atoms with E-state index in [1.54, 1.807) is 0 Å². The molecule has 64 valence electrons. The average molecular weight is 154 g/mol. The van der Waals surface area contributed by atoms with Crippen LogP contribution in [-0.2, 0) is 4.79 Å². The maximum atomic E-state index is 10.6. The van der Waals surface area contributed by atoms with Gasteiger partial charge >= 0.3 is 0 Å². The molecule has 0 bridgehead atoms. The van der Waals surface area contributed by atoms with E-state index in [1.807, 2.05) is 0 Å². The van der Waals surface area contributed by atoms with Gasteiger partial charge in [-0.05, 0) is 12.8 Å². The highest BCUT2D eigenvalue weighted by Gasteiger charge is 2.09. The fourth-order valence-electron chi connectivity index (χ4n) is 0.882. The zero-order valence-electron chi connectivity index (χ0n) is 7.65. The monoisotopic (exact) mass is 154 g/mol. The minimum absolute atomic E-state index is 0.400. The molecule has 0 unspecified atom stereocenters. The highest BCUT2D eigenvalue weighted by Crippen LogP contribution is 2.17. The summed E-state index contributed by atoms with van der Waals surface area (Å²) in [7, 11) is 0. The van der Waals surface area contributed by atoms with Crippen molar-refractivity contribution in [2.45, 2.75) is 46.0 Å². The third-order valence-corrected chi connectivity index (χ3v) is 1.51. The van der Waals surface area contributed by atoms with Gasteiger partial charge in [-0.15, -0.1) is 0 Å². The Morgan fingerprint density at radius 3 is 1.82 bits per heavy atom. The first-order valence-electron chi connectivity index (χ1n) is 4.39. The summed E-state index contributed by atoms with van der Waals surface area (Å²) < 4.78 is 0. The molecule has 1 aliphatic rings. The Bertz CT molecular complexity index is 108. The quantitative estimate of drug-likeness (QED) is 0.490. The third kappa shape index (κ3) is 5.84. The molecule has 1 heteroatoms. The minimum atomic E-state index is 0.400. The van der Waals surface area contributed by atoms with Crippen molar-refractivity contribution in [3.05, 3.63) is 12.2 Å². The molecule has 0 aromatic carbocycles. The molecule has 11 heavy (non-hydrogen) atoms. The Kier molecular flexibility index (Phi) is 5.81. The molecule has 1 aliphatic carbocycles. The molecule has 1 rings (SSSR count). The van der Waals surface area contributed by atoms with Gasteiger partial charge < -0.3 is 0 Å². The lowest BCUT2D eigenvalue weighted by Gasteiger charge is -2.09. The second-order valence-corrected chi connectivity index (χ2v) is 3.00. The number of Topliss-reactive ketones (excluding diaryl/α,β-unsaturated/α-hetero) is 1. The standard InChI is InChI=1S/C7H10O.C3H8/c1-6-2-4-7(8)5-3-6;1-3-2/h1-5H2;3H2,1-2H3. The summed E-state index contributed by atoms with van der Waals surface area (Å²) in [5.41, 5.74) is 1.24. The van der Waals surface area contributed by atoms with Crippen LogP contribution < -0.4 is 0 Å². The first-order valence-corrected chi connectivity index (χ1v) is 4.39. The van der Waals surface area contributed by atoms with Gasteiger partial charge in [-0.3, -0.25) is 4.79 Å². The van der Waals surface area contributed by atoms with Crippen molar-refractivity contribution in [3.8, 4) is 0 Å². The summed E-state index contributed by atoms with van der Waals surface area (Å²) in [6.45, 7) is 8.05. The SMILES string of the molecule is C=C1CCC(=O)CC1.CCC. The smallest absolute Gasteiger partial charge is 0.133 e. The summed E-state index contributed by atoms with van der Waals surface area (Å²) in [6, 6.07) is 0. The second kappa shape index (κ2) is 6.14. The maximum absolute atomic E-state index is 10.6. The first-order chi connectivity index (χ1) is 5.20. The summed E-state index contributed by atoms with van der Waals surface area (Å²) in [4.78, 5) is 10.6. The molecular formula is C10H18O. The fraction of sp³-hybridized carbons (Fsp3) is 0.700. The van der Waals surface area contributed by atoms with Crippen molar-refractivity contribution >= 4 is 5.78 Å². The molecule has 0 aliphatic heterocycles. The molecule has 1 saturated carbocycles. The zero-order chi connectivity index (χ0) is 8.69. The predicted octanol–water partition coefficient (Wildman–Crippen LogP) is 3.10. The fourth-order valence-corrected chi connectivity index (χ4v) is 0.882. The molecule has 0 atom stereocenters. The molecule has 0 saturated heterocycles. The van der Waals surface area contributed by atoms with Crippen LogP contribution in [0, 0.1) is 0 Å². The van der Waals surface area contributed by atoms with Gasteiger partial charge in [0, 0.05) is 12.8 Å². The van der Waals surface area contributed by atoms with Crippen molar-refractivity contribution in [1.29, 1.82) is 0 Å². The van der Waals surface area contributed by atoms with Crippen LogP contribution in [0.1, 0.15) is 46.0 Å². The summed E-state index contributed by atoms with van der Waals surface area (Å²) in [5.74, 6) is 0.400. The minimum Gasteiger partial charge on any atom is -0.300 e. The highest BCUT2D eigenvalue weighted by molar-refractivity contribution is 5.79. The molecule has 0 heterocycles. The predicted molar refractivity (Wildman–Crippen MR) is 48.6 cm³/mol. The molecule has 1 fully saturated rings. The van der Waals surface area contributed by atoms with Crippen LogP contribution in [0.15, 0.2) is 12.2 Å². The molecule has 0 aromatic rings. The molecule has 1 nitrogen and oxygen atoms in total. The highest BCUT2D eigenvalue weighted by atomic mass is 16.1. The maximum Gasteiger partial charge on any atom is 0.133 e. The van der Waals surface area contributed by atoms with E-state index in [9.17, 15) is 4.79 Å². The Hall–Kier alpha value is -0.590. The van der Waals surface area contributed by atoms with Crippen LogP contribution in [0.5, 0.6) is 0 Å². The van der Waals surface area contributed by atoms with Crippen molar-refractivity contribution in [2.75, 3.05) is 0 Å². The van der Waals surface area contributed by atoms with E-state index >= 15 is 0 Å². The lowest BCUT2D eigenvalue weighted by molar-refractivity contribution is -0.119. The first kappa shape index (κ1) is 10.4. The van der Waals surface area contributed by atoms with Crippen molar-refractivity contribution in [2.24, 2.45) is 0 Å². The van der Waals surface area contributed by atoms with Gasteiger partial charge in [-0.2, -0.15) is 0 Å². The Labute approximate surface area is 69.5 Å². The normalized spacial score (nSPS) is 17.3. The van der Waals surface area contributed by atoms with Gasteiger partial charge in [0.15, 0.2) is 0 Å². The lowest BCUT2D eigenvalue weighted by atomic mass is 9.95. The van der Waals surface area contributed by atoms with E-state index in [0.29, 0.717) is 5.78 Å². The van der Waals surface area contributed by atoms with Gasteiger partial charge in [0.2, 0.25) is 0 Å². The number of allylic oxidation sites excluding steroid dienone is 1. The molecule has 0 spiro atoms. The van der Waals surface area contributed by atoms with Gasteiger partial charge in [0.1, 0.15) is 5.78 Å². The van der Waals surface area contributed by atoms with Crippen LogP contribution in [0.2, 0.25) is 0 Å². The van der Waals surface area contributed by atoms with Gasteiger partial charge in [-0.25, -0.2) is 0 Å². The Morgan fingerprint density at radius 2 is 1.55 bits per heavy atom. The Morgan fingerprint density at radius 1 is 1.18 bits per heavy atom. The average Bonchev–Trinajstić information content (AvgIpc) is 1.97. The largest absolute Gasteiger partial charge is 0.300 e. The molecule has 0 aromatic heterocycles. The van der Waals surface area contributed by atoms with Crippen molar-refractivity contribution in [3.63, 3.8) is 0 Å². The van der Waals surface area contributed by atoms with Crippen LogP contribution >= 0.6 is 0 Å². The molecule has 0 radical (unpaired) electrons. The van der Waals surface area contributed by atoms with Crippen molar-refractivity contribution in [1.82, 2.24) is 0 Å². The summed E-state index contributed by atoms with van der Waals surface area (Å²) >= 11 is 0. The van der Waals surface area contributed by atoms with E-state index in [1.165, 1.54) is 12.0 Å². The number of rotatable bonds is 0. The van der Waals surface area contributed by atoms with Crippen LogP contribution in [-0.4, -0.2) is 5.78 Å². The van der Waals surface area contributed by atoms with E-state index in [2.05, 4.69) is 20.4 Å². The summed E-state index contributed by atoms with van der Waals surface area (Å²) in [6.07, 6.45) is 4.58. The molecule has 0 amide bonds. The van der Waals surface area contributed by atoms with Crippen molar-refractivity contribution < 1.29 is 4.79 Å². The van der Waals surface area contributed by atoms with E-state index in [0.717, 1.165) is 25.7 Å². The second-order valence-electron chi connectivity index (χ2n) is 3.00. The van der Waals surface area contributed by atoms with Crippen LogP contribution in [0.4, 0.5) is 0 Å². The van der Waals surface area contributed by atoms with E-state index < -0.39 is 0 Å². The van der Waals surface area contributed by atoms with Gasteiger partial charge in [0.05, 0.1) is 0 Å². The molecule has 0 N–H and O–H groups in total. The Balaban J connectivity index is 0.000000292. The van der Waals surface area contributed by atoms with E-state index in [-0.39, 0.29) is 0 Å².